The Balaban J connectivity index is 1.03. The maximum Gasteiger partial charge on any atom is 0.0641 e. The molecule has 16 aromatic rings. The van der Waals surface area contributed by atoms with Gasteiger partial charge < -0.3 is 23.2 Å². The van der Waals surface area contributed by atoms with Crippen molar-refractivity contribution in [3.05, 3.63) is 249 Å². The Hall–Kier alpha value is -9.58. The molecule has 0 atom stereocenters. The van der Waals surface area contributed by atoms with Crippen molar-refractivity contribution in [2.75, 3.05) is 9.80 Å². The third-order valence-electron chi connectivity index (χ3n) is 15.2. The van der Waals surface area contributed by atoms with Crippen LogP contribution in [0.2, 0.25) is 0 Å². The Morgan fingerprint density at radius 3 is 1.25 bits per heavy atom. The van der Waals surface area contributed by atoms with Gasteiger partial charge in [-0.25, -0.2) is 0 Å². The molecule has 0 bridgehead atoms. The van der Waals surface area contributed by atoms with E-state index < -0.39 is 0 Å². The molecule has 5 heterocycles. The summed E-state index contributed by atoms with van der Waals surface area (Å²) >= 11 is 0. The minimum absolute atomic E-state index is 1.10. The van der Waals surface area contributed by atoms with Gasteiger partial charge in [-0.2, -0.15) is 0 Å². The third kappa shape index (κ3) is 5.24. The molecule has 0 saturated heterocycles. The van der Waals surface area contributed by atoms with Gasteiger partial charge in [0.1, 0.15) is 0 Å². The van der Waals surface area contributed by atoms with Gasteiger partial charge in [0, 0.05) is 88.0 Å². The smallest absolute Gasteiger partial charge is 0.0641 e. The summed E-state index contributed by atoms with van der Waals surface area (Å²) in [7, 11) is 0. The van der Waals surface area contributed by atoms with E-state index in [1.807, 2.05) is 0 Å². The highest BCUT2D eigenvalue weighted by atomic mass is 15.2. The summed E-state index contributed by atoms with van der Waals surface area (Å²) < 4.78 is 7.61. The first kappa shape index (κ1) is 38.4. The molecule has 0 N–H and O–H groups in total. The molecular formula is C66H41N5. The van der Waals surface area contributed by atoms with Gasteiger partial charge in [0.15, 0.2) is 0 Å². The molecule has 0 saturated carbocycles. The average molecular weight is 904 g/mol. The molecule has 0 spiro atoms. The Morgan fingerprint density at radius 1 is 0.239 bits per heavy atom. The molecule has 5 aromatic heterocycles. The van der Waals surface area contributed by atoms with Crippen LogP contribution in [0.5, 0.6) is 0 Å². The van der Waals surface area contributed by atoms with Crippen LogP contribution in [0, 0.1) is 0 Å². The topological polar surface area (TPSA) is 20.2 Å². The van der Waals surface area contributed by atoms with Crippen LogP contribution < -0.4 is 9.80 Å². The van der Waals surface area contributed by atoms with Crippen molar-refractivity contribution >= 4 is 132 Å². The largest absolute Gasteiger partial charge is 0.310 e. The van der Waals surface area contributed by atoms with Crippen LogP contribution in [-0.4, -0.2) is 13.4 Å². The van der Waals surface area contributed by atoms with Gasteiger partial charge in [0.25, 0.3) is 0 Å². The van der Waals surface area contributed by atoms with Crippen LogP contribution in [0.15, 0.2) is 249 Å². The molecule has 11 aromatic carbocycles. The molecule has 16 rings (SSSR count). The van der Waals surface area contributed by atoms with Crippen molar-refractivity contribution in [3.8, 4) is 5.69 Å². The second kappa shape index (κ2) is 14.5. The zero-order chi connectivity index (χ0) is 46.3. The Bertz CT molecular complexity index is 4650. The number of nitrogens with zero attached hydrogens (tertiary/aromatic N) is 5. The van der Waals surface area contributed by atoms with Crippen molar-refractivity contribution in [1.29, 1.82) is 0 Å². The molecule has 0 amide bonds. The highest BCUT2D eigenvalue weighted by molar-refractivity contribution is 6.37. The number of anilines is 6. The molecule has 0 radical (unpaired) electrons. The minimum atomic E-state index is 1.10. The number of hydrogen-bond acceptors (Lipinski definition) is 2. The molecule has 5 nitrogen and oxygen atoms in total. The molecule has 0 aliphatic heterocycles. The summed E-state index contributed by atoms with van der Waals surface area (Å²) in [6, 6.07) is 91.1. The summed E-state index contributed by atoms with van der Waals surface area (Å²) in [4.78, 5) is 4.78. The summed E-state index contributed by atoms with van der Waals surface area (Å²) in [5.41, 5.74) is 17.6. The lowest BCUT2D eigenvalue weighted by Gasteiger charge is -2.26. The lowest BCUT2D eigenvalue weighted by atomic mass is 10.0. The number of rotatable bonds is 7. The molecule has 0 aliphatic carbocycles. The fourth-order valence-corrected chi connectivity index (χ4v) is 12.4. The highest BCUT2D eigenvalue weighted by Gasteiger charge is 2.28. The predicted molar refractivity (Wildman–Crippen MR) is 299 cm³/mol. The maximum absolute atomic E-state index is 2.56. The van der Waals surface area contributed by atoms with Crippen molar-refractivity contribution in [2.24, 2.45) is 0 Å². The van der Waals surface area contributed by atoms with Crippen molar-refractivity contribution in [1.82, 2.24) is 13.4 Å². The lowest BCUT2D eigenvalue weighted by Crippen LogP contribution is -2.10. The van der Waals surface area contributed by atoms with E-state index in [0.29, 0.717) is 0 Å². The number of para-hydroxylation sites is 7. The van der Waals surface area contributed by atoms with E-state index in [1.165, 1.54) is 92.5 Å². The second-order valence-electron chi connectivity index (χ2n) is 18.9. The fourth-order valence-electron chi connectivity index (χ4n) is 12.4. The van der Waals surface area contributed by atoms with Gasteiger partial charge in [-0.05, 0) is 109 Å². The number of aromatic nitrogens is 3. The van der Waals surface area contributed by atoms with Crippen LogP contribution in [0.4, 0.5) is 34.1 Å². The van der Waals surface area contributed by atoms with Crippen LogP contribution in [0.1, 0.15) is 0 Å². The molecule has 71 heavy (non-hydrogen) atoms. The van der Waals surface area contributed by atoms with Crippen LogP contribution in [0.25, 0.3) is 104 Å². The number of fused-ring (bicyclic) bond motifs is 16. The second-order valence-corrected chi connectivity index (χ2v) is 18.9. The van der Waals surface area contributed by atoms with Gasteiger partial charge in [-0.3, -0.25) is 0 Å². The van der Waals surface area contributed by atoms with E-state index >= 15 is 0 Å². The molecule has 0 fully saturated rings. The number of benzene rings is 11. The first-order chi connectivity index (χ1) is 35.3. The summed E-state index contributed by atoms with van der Waals surface area (Å²) in [5.74, 6) is 0. The van der Waals surface area contributed by atoms with Crippen molar-refractivity contribution in [3.63, 3.8) is 0 Å². The molecule has 0 aliphatic rings. The average Bonchev–Trinajstić information content (AvgIpc) is 4.23. The predicted octanol–water partition coefficient (Wildman–Crippen LogP) is 18.0. The van der Waals surface area contributed by atoms with Crippen molar-refractivity contribution < 1.29 is 0 Å². The van der Waals surface area contributed by atoms with Gasteiger partial charge in [0.05, 0.1) is 49.8 Å². The summed E-state index contributed by atoms with van der Waals surface area (Å²) in [6.45, 7) is 0. The number of hydrogen-bond donors (Lipinski definition) is 0. The Morgan fingerprint density at radius 2 is 0.676 bits per heavy atom. The van der Waals surface area contributed by atoms with Gasteiger partial charge in [-0.15, -0.1) is 0 Å². The lowest BCUT2D eigenvalue weighted by molar-refractivity contribution is 1.18. The Labute approximate surface area is 407 Å². The van der Waals surface area contributed by atoms with Gasteiger partial charge in [0.2, 0.25) is 0 Å². The van der Waals surface area contributed by atoms with Gasteiger partial charge in [-0.1, -0.05) is 140 Å². The monoisotopic (exact) mass is 903 g/mol. The van der Waals surface area contributed by atoms with Crippen LogP contribution in [0.3, 0.4) is 0 Å². The van der Waals surface area contributed by atoms with Crippen LogP contribution >= 0.6 is 0 Å². The summed E-state index contributed by atoms with van der Waals surface area (Å²) in [5, 5.41) is 12.6. The van der Waals surface area contributed by atoms with E-state index in [2.05, 4.69) is 272 Å². The Kier molecular flexibility index (Phi) is 7.82. The van der Waals surface area contributed by atoms with Crippen molar-refractivity contribution in [2.45, 2.75) is 0 Å². The van der Waals surface area contributed by atoms with E-state index in [-0.39, 0.29) is 0 Å². The molecule has 0 unspecified atom stereocenters. The van der Waals surface area contributed by atoms with E-state index in [1.54, 1.807) is 0 Å². The SMILES string of the molecule is c1ccc(N(c2ccccc2)c2ccc3c4c5c6ccccc6n6c7cc8c9ccc(N(c%10ccccc%10)c%10ccccc%10)c%10c%11ccccc%11n(c8cc7c(cc4n(-c4ccccc4)c3c2)c56)c9%10)cc1. The quantitative estimate of drug-likeness (QED) is 0.159. The third-order valence-corrected chi connectivity index (χ3v) is 15.2. The first-order valence-electron chi connectivity index (χ1n) is 24.4. The zero-order valence-electron chi connectivity index (χ0n) is 38.4. The van der Waals surface area contributed by atoms with E-state index in [0.717, 1.165) is 45.3 Å². The molecule has 330 valence electrons. The van der Waals surface area contributed by atoms with E-state index in [9.17, 15) is 0 Å². The van der Waals surface area contributed by atoms with Gasteiger partial charge >= 0.3 is 0 Å². The highest BCUT2D eigenvalue weighted by Crippen LogP contribution is 2.51. The molecular weight excluding hydrogens is 863 g/mol. The molecule has 5 heteroatoms. The maximum atomic E-state index is 2.56. The summed E-state index contributed by atoms with van der Waals surface area (Å²) in [6.07, 6.45) is 0. The normalized spacial score (nSPS) is 12.2. The standard InChI is InChI=1S/C66H41N5/c1-6-20-42(21-7-1)67(43-22-8-2-9-23-43)47-34-35-51-58(38-47)69(46-28-14-5-15-29-46)61-41-54-53-40-59-52(39-60(53)71-56-33-19-17-31-50(56)64(62(51)61)66(54)71)48-36-37-57(63-49-30-16-18-32-55(49)70(59)65(48)63)68(44-24-10-3-11-25-44)45-26-12-4-13-27-45/h1-41H. The fraction of sp³-hybridized carbons (Fsp3) is 0. The zero-order valence-corrected chi connectivity index (χ0v) is 38.4. The van der Waals surface area contributed by atoms with Crippen LogP contribution in [-0.2, 0) is 0 Å². The minimum Gasteiger partial charge on any atom is -0.310 e. The first-order valence-corrected chi connectivity index (χ1v) is 24.4. The van der Waals surface area contributed by atoms with E-state index in [4.69, 9.17) is 0 Å².